The SMILES string of the molecule is COCCNC(=O)CNC(=O)NCc1ccc(F)cc1. The molecule has 6 nitrogen and oxygen atoms in total. The summed E-state index contributed by atoms with van der Waals surface area (Å²) in [6.45, 7) is 0.965. The molecule has 110 valence electrons. The predicted octanol–water partition coefficient (Wildman–Crippen LogP) is 0.388. The maximum Gasteiger partial charge on any atom is 0.315 e. The van der Waals surface area contributed by atoms with E-state index < -0.39 is 6.03 Å². The maximum atomic E-state index is 12.7. The highest BCUT2D eigenvalue weighted by molar-refractivity contribution is 5.83. The second-order valence-electron chi connectivity index (χ2n) is 4.01. The molecule has 0 unspecified atom stereocenters. The van der Waals surface area contributed by atoms with Gasteiger partial charge in [-0.15, -0.1) is 0 Å². The average molecular weight is 283 g/mol. The predicted molar refractivity (Wildman–Crippen MR) is 71.5 cm³/mol. The van der Waals surface area contributed by atoms with Crippen molar-refractivity contribution in [1.82, 2.24) is 16.0 Å². The zero-order chi connectivity index (χ0) is 14.8. The van der Waals surface area contributed by atoms with E-state index in [-0.39, 0.29) is 24.8 Å². The molecular weight excluding hydrogens is 265 g/mol. The average Bonchev–Trinajstić information content (AvgIpc) is 2.45. The van der Waals surface area contributed by atoms with Gasteiger partial charge < -0.3 is 20.7 Å². The Morgan fingerprint density at radius 2 is 1.85 bits per heavy atom. The number of benzene rings is 1. The summed E-state index contributed by atoms with van der Waals surface area (Å²) in [4.78, 5) is 22.7. The summed E-state index contributed by atoms with van der Waals surface area (Å²) in [6.07, 6.45) is 0. The van der Waals surface area contributed by atoms with Crippen molar-refractivity contribution >= 4 is 11.9 Å². The van der Waals surface area contributed by atoms with Gasteiger partial charge in [0.15, 0.2) is 0 Å². The molecule has 1 aromatic rings. The molecule has 0 aromatic heterocycles. The van der Waals surface area contributed by atoms with Crippen LogP contribution < -0.4 is 16.0 Å². The third-order valence-electron chi connectivity index (χ3n) is 2.40. The molecule has 0 atom stereocenters. The van der Waals surface area contributed by atoms with Gasteiger partial charge >= 0.3 is 6.03 Å². The molecule has 0 bridgehead atoms. The normalized spacial score (nSPS) is 9.90. The number of halogens is 1. The van der Waals surface area contributed by atoms with Crippen LogP contribution in [0.5, 0.6) is 0 Å². The lowest BCUT2D eigenvalue weighted by Crippen LogP contribution is -2.42. The van der Waals surface area contributed by atoms with Crippen LogP contribution in [0.4, 0.5) is 9.18 Å². The molecule has 3 amide bonds. The number of carbonyl (C=O) groups excluding carboxylic acids is 2. The van der Waals surface area contributed by atoms with E-state index in [9.17, 15) is 14.0 Å². The van der Waals surface area contributed by atoms with E-state index in [1.54, 1.807) is 12.1 Å². The van der Waals surface area contributed by atoms with Gasteiger partial charge in [0.1, 0.15) is 5.82 Å². The third-order valence-corrected chi connectivity index (χ3v) is 2.40. The lowest BCUT2D eigenvalue weighted by molar-refractivity contribution is -0.120. The molecule has 1 rings (SSSR count). The zero-order valence-corrected chi connectivity index (χ0v) is 11.2. The Hall–Kier alpha value is -2.15. The van der Waals surface area contributed by atoms with E-state index in [1.807, 2.05) is 0 Å². The van der Waals surface area contributed by atoms with E-state index in [0.717, 1.165) is 5.56 Å². The molecule has 0 aliphatic carbocycles. The second kappa shape index (κ2) is 8.87. The van der Waals surface area contributed by atoms with Gasteiger partial charge in [-0.05, 0) is 17.7 Å². The Labute approximate surface area is 116 Å². The molecule has 0 radical (unpaired) electrons. The Morgan fingerprint density at radius 1 is 1.15 bits per heavy atom. The highest BCUT2D eigenvalue weighted by Crippen LogP contribution is 2.01. The minimum atomic E-state index is -0.462. The Balaban J connectivity index is 2.17. The van der Waals surface area contributed by atoms with Crippen LogP contribution >= 0.6 is 0 Å². The summed E-state index contributed by atoms with van der Waals surface area (Å²) in [7, 11) is 1.54. The molecule has 7 heteroatoms. The van der Waals surface area contributed by atoms with Gasteiger partial charge in [0, 0.05) is 20.2 Å². The summed E-state index contributed by atoms with van der Waals surface area (Å²) in [5.74, 6) is -0.620. The van der Waals surface area contributed by atoms with E-state index in [0.29, 0.717) is 13.2 Å². The number of nitrogens with one attached hydrogen (secondary N) is 3. The van der Waals surface area contributed by atoms with Gasteiger partial charge in [-0.1, -0.05) is 12.1 Å². The van der Waals surface area contributed by atoms with Crippen LogP contribution in [0.25, 0.3) is 0 Å². The van der Waals surface area contributed by atoms with Crippen LogP contribution in [-0.2, 0) is 16.1 Å². The molecular formula is C13H18FN3O3. The summed E-state index contributed by atoms with van der Waals surface area (Å²) in [5.41, 5.74) is 0.770. The van der Waals surface area contributed by atoms with Gasteiger partial charge in [-0.3, -0.25) is 4.79 Å². The first-order valence-electron chi connectivity index (χ1n) is 6.13. The van der Waals surface area contributed by atoms with Crippen molar-refractivity contribution in [2.45, 2.75) is 6.54 Å². The summed E-state index contributed by atoms with van der Waals surface area (Å²) >= 11 is 0. The lowest BCUT2D eigenvalue weighted by Gasteiger charge is -2.08. The van der Waals surface area contributed by atoms with Crippen LogP contribution in [0.3, 0.4) is 0 Å². The van der Waals surface area contributed by atoms with Gasteiger partial charge in [-0.25, -0.2) is 9.18 Å². The van der Waals surface area contributed by atoms with Crippen molar-refractivity contribution in [3.05, 3.63) is 35.6 Å². The molecule has 0 saturated carbocycles. The Bertz CT molecular complexity index is 437. The lowest BCUT2D eigenvalue weighted by atomic mass is 10.2. The van der Waals surface area contributed by atoms with Crippen molar-refractivity contribution in [2.75, 3.05) is 26.8 Å². The van der Waals surface area contributed by atoms with Crippen LogP contribution in [-0.4, -0.2) is 38.7 Å². The van der Waals surface area contributed by atoms with Crippen molar-refractivity contribution < 1.29 is 18.7 Å². The van der Waals surface area contributed by atoms with E-state index in [4.69, 9.17) is 4.74 Å². The fourth-order valence-electron chi connectivity index (χ4n) is 1.36. The molecule has 0 spiro atoms. The quantitative estimate of drug-likeness (QED) is 0.633. The molecule has 1 aromatic carbocycles. The molecule has 0 aliphatic heterocycles. The fourth-order valence-corrected chi connectivity index (χ4v) is 1.36. The number of carbonyl (C=O) groups is 2. The largest absolute Gasteiger partial charge is 0.383 e. The van der Waals surface area contributed by atoms with Gasteiger partial charge in [-0.2, -0.15) is 0 Å². The van der Waals surface area contributed by atoms with Crippen LogP contribution in [0.1, 0.15) is 5.56 Å². The zero-order valence-electron chi connectivity index (χ0n) is 11.2. The fraction of sp³-hybridized carbons (Fsp3) is 0.385. The number of amides is 3. The maximum absolute atomic E-state index is 12.7. The third kappa shape index (κ3) is 6.69. The molecule has 20 heavy (non-hydrogen) atoms. The highest BCUT2D eigenvalue weighted by Gasteiger charge is 2.04. The first kappa shape index (κ1) is 15.9. The van der Waals surface area contributed by atoms with E-state index >= 15 is 0 Å². The number of methoxy groups -OCH3 is 1. The van der Waals surface area contributed by atoms with Gasteiger partial charge in [0.05, 0.1) is 13.2 Å². The number of ether oxygens (including phenoxy) is 1. The first-order chi connectivity index (χ1) is 9.61. The highest BCUT2D eigenvalue weighted by atomic mass is 19.1. The van der Waals surface area contributed by atoms with Crippen molar-refractivity contribution in [1.29, 1.82) is 0 Å². The minimum Gasteiger partial charge on any atom is -0.383 e. The van der Waals surface area contributed by atoms with Gasteiger partial charge in [0.2, 0.25) is 5.91 Å². The first-order valence-corrected chi connectivity index (χ1v) is 6.13. The van der Waals surface area contributed by atoms with Gasteiger partial charge in [0.25, 0.3) is 0 Å². The summed E-state index contributed by atoms with van der Waals surface area (Å²) < 4.78 is 17.4. The van der Waals surface area contributed by atoms with Crippen LogP contribution in [0.15, 0.2) is 24.3 Å². The van der Waals surface area contributed by atoms with Crippen LogP contribution in [0, 0.1) is 5.82 Å². The van der Waals surface area contributed by atoms with Crippen molar-refractivity contribution in [3.63, 3.8) is 0 Å². The van der Waals surface area contributed by atoms with E-state index in [2.05, 4.69) is 16.0 Å². The second-order valence-corrected chi connectivity index (χ2v) is 4.01. The number of rotatable bonds is 7. The molecule has 3 N–H and O–H groups in total. The molecule has 0 heterocycles. The number of hydrogen-bond acceptors (Lipinski definition) is 3. The summed E-state index contributed by atoms with van der Waals surface area (Å²) in [6, 6.07) is 5.33. The standard InChI is InChI=1S/C13H18FN3O3/c1-20-7-6-15-12(18)9-17-13(19)16-8-10-2-4-11(14)5-3-10/h2-5H,6-9H2,1H3,(H,15,18)(H2,16,17,19). The van der Waals surface area contributed by atoms with Crippen molar-refractivity contribution in [3.8, 4) is 0 Å². The monoisotopic (exact) mass is 283 g/mol. The smallest absolute Gasteiger partial charge is 0.315 e. The topological polar surface area (TPSA) is 79.5 Å². The van der Waals surface area contributed by atoms with Crippen molar-refractivity contribution in [2.24, 2.45) is 0 Å². The molecule has 0 aliphatic rings. The molecule has 0 fully saturated rings. The Morgan fingerprint density at radius 3 is 2.50 bits per heavy atom. The van der Waals surface area contributed by atoms with Crippen LogP contribution in [0.2, 0.25) is 0 Å². The summed E-state index contributed by atoms with van der Waals surface area (Å²) in [5, 5.41) is 7.55. The number of hydrogen-bond donors (Lipinski definition) is 3. The Kier molecular flexibility index (Phi) is 7.05. The van der Waals surface area contributed by atoms with E-state index in [1.165, 1.54) is 19.2 Å². The molecule has 0 saturated heterocycles. The number of urea groups is 1. The minimum absolute atomic E-state index is 0.112.